The van der Waals surface area contributed by atoms with Gasteiger partial charge in [-0.2, -0.15) is 5.10 Å². The van der Waals surface area contributed by atoms with Crippen LogP contribution in [0.5, 0.6) is 28.7 Å². The zero-order chi connectivity index (χ0) is 28.1. The van der Waals surface area contributed by atoms with E-state index in [9.17, 15) is 9.90 Å². The van der Waals surface area contributed by atoms with Crippen LogP contribution >= 0.6 is 11.3 Å². The lowest BCUT2D eigenvalue weighted by Crippen LogP contribution is -2.15. The van der Waals surface area contributed by atoms with Gasteiger partial charge in [-0.3, -0.25) is 9.79 Å². The largest absolute Gasteiger partial charge is 0.507 e. The van der Waals surface area contributed by atoms with E-state index in [2.05, 4.69) is 0 Å². The van der Waals surface area contributed by atoms with E-state index in [0.29, 0.717) is 65.2 Å². The van der Waals surface area contributed by atoms with Crippen LogP contribution in [0, 0.1) is 0 Å². The summed E-state index contributed by atoms with van der Waals surface area (Å²) in [7, 11) is 3.21. The first kappa shape index (κ1) is 26.8. The maximum atomic E-state index is 11.9. The molecule has 0 bridgehead atoms. The van der Waals surface area contributed by atoms with Crippen LogP contribution in [-0.2, 0) is 6.42 Å². The van der Waals surface area contributed by atoms with Crippen molar-refractivity contribution in [3.8, 4) is 40.0 Å². The number of rotatable bonds is 9. The molecule has 1 amide bonds. The Balaban J connectivity index is 1.49. The van der Waals surface area contributed by atoms with Crippen molar-refractivity contribution in [1.29, 1.82) is 0 Å². The third kappa shape index (κ3) is 5.79. The van der Waals surface area contributed by atoms with Crippen LogP contribution in [0.1, 0.15) is 21.5 Å². The number of carbonyl (C=O) groups excluding carboxylic acids is 1. The van der Waals surface area contributed by atoms with Crippen molar-refractivity contribution in [3.05, 3.63) is 81.5 Å². The first-order valence-electron chi connectivity index (χ1n) is 12.5. The number of methoxy groups -OCH3 is 2. The number of carbonyl (C=O) groups is 1. The molecule has 0 aliphatic carbocycles. The Hall–Kier alpha value is -4.77. The number of nitrogens with two attached hydrogens (primary N) is 1. The molecule has 0 saturated carbocycles. The molecule has 4 aromatic rings. The normalized spacial score (nSPS) is 13.0. The summed E-state index contributed by atoms with van der Waals surface area (Å²) in [5.41, 5.74) is 8.70. The second-order valence-electron chi connectivity index (χ2n) is 8.78. The zero-order valence-corrected chi connectivity index (χ0v) is 22.8. The second-order valence-corrected chi connectivity index (χ2v) is 9.62. The number of ether oxygens (including phenoxy) is 4. The summed E-state index contributed by atoms with van der Waals surface area (Å²) < 4.78 is 23.7. The predicted octanol–water partition coefficient (Wildman–Crippen LogP) is 3.84. The van der Waals surface area contributed by atoms with E-state index in [0.717, 1.165) is 11.1 Å². The average molecular weight is 561 g/mol. The summed E-state index contributed by atoms with van der Waals surface area (Å²) >= 11 is 1.41. The second kappa shape index (κ2) is 12.0. The highest BCUT2D eigenvalue weighted by Gasteiger charge is 2.14. The predicted molar refractivity (Wildman–Crippen MR) is 152 cm³/mol. The van der Waals surface area contributed by atoms with Crippen LogP contribution in [0.2, 0.25) is 0 Å². The van der Waals surface area contributed by atoms with Gasteiger partial charge in [-0.05, 0) is 66.1 Å². The van der Waals surface area contributed by atoms with Crippen molar-refractivity contribution in [2.75, 3.05) is 34.0 Å². The topological polar surface area (TPSA) is 130 Å². The van der Waals surface area contributed by atoms with Gasteiger partial charge in [0.15, 0.2) is 23.0 Å². The number of aromatic nitrogens is 1. The maximum Gasteiger partial charge on any atom is 0.252 e. The number of nitrogens with zero attached hydrogens (tertiary/aromatic N) is 3. The van der Waals surface area contributed by atoms with Crippen molar-refractivity contribution in [2.45, 2.75) is 6.42 Å². The Bertz CT molecular complexity index is 1640. The van der Waals surface area contributed by atoms with Gasteiger partial charge >= 0.3 is 0 Å². The van der Waals surface area contributed by atoms with Crippen LogP contribution in [0.15, 0.2) is 70.1 Å². The molecule has 0 atom stereocenters. The highest BCUT2D eigenvalue weighted by atomic mass is 32.1. The molecule has 0 radical (unpaired) electrons. The summed E-state index contributed by atoms with van der Waals surface area (Å²) in [6.07, 6.45) is 2.38. The monoisotopic (exact) mass is 560 g/mol. The van der Waals surface area contributed by atoms with E-state index in [1.807, 2.05) is 41.8 Å². The van der Waals surface area contributed by atoms with Gasteiger partial charge in [0.25, 0.3) is 5.91 Å². The van der Waals surface area contributed by atoms with Crippen LogP contribution in [0.4, 0.5) is 0 Å². The summed E-state index contributed by atoms with van der Waals surface area (Å²) in [6.45, 7) is 1.50. The van der Waals surface area contributed by atoms with Crippen LogP contribution in [0.25, 0.3) is 11.3 Å². The van der Waals surface area contributed by atoms with Gasteiger partial charge < -0.3 is 29.8 Å². The minimum atomic E-state index is -0.722. The highest BCUT2D eigenvalue weighted by molar-refractivity contribution is 7.07. The molecule has 206 valence electrons. The molecule has 2 heterocycles. The lowest BCUT2D eigenvalue weighted by atomic mass is 10.1. The summed E-state index contributed by atoms with van der Waals surface area (Å²) in [6, 6.07) is 16.1. The maximum absolute atomic E-state index is 11.9. The molecule has 0 fully saturated rings. The SMILES string of the molecule is COc1ccc(CCN=c2scc(-c3ccc(O)c(C(N)=O)c3)n2N=Cc2ccc3c(c2)OCCO3)cc1OC. The van der Waals surface area contributed by atoms with E-state index in [4.69, 9.17) is 34.8 Å². The Labute approximate surface area is 234 Å². The molecule has 3 N–H and O–H groups in total. The molecule has 0 saturated heterocycles. The molecule has 1 aliphatic heterocycles. The van der Waals surface area contributed by atoms with Crippen molar-refractivity contribution >= 4 is 23.5 Å². The number of phenols is 1. The molecule has 40 heavy (non-hydrogen) atoms. The molecule has 11 heteroatoms. The van der Waals surface area contributed by atoms with Gasteiger partial charge in [0, 0.05) is 17.5 Å². The highest BCUT2D eigenvalue weighted by Crippen LogP contribution is 2.31. The molecular formula is C29H28N4O6S. The first-order chi connectivity index (χ1) is 19.5. The van der Waals surface area contributed by atoms with E-state index in [-0.39, 0.29) is 11.3 Å². The summed E-state index contributed by atoms with van der Waals surface area (Å²) in [5.74, 6) is 1.78. The van der Waals surface area contributed by atoms with Crippen molar-refractivity contribution in [3.63, 3.8) is 0 Å². The fourth-order valence-corrected chi connectivity index (χ4v) is 5.06. The summed E-state index contributed by atoms with van der Waals surface area (Å²) in [5, 5.41) is 16.7. The van der Waals surface area contributed by atoms with Crippen molar-refractivity contribution in [1.82, 2.24) is 4.68 Å². The van der Waals surface area contributed by atoms with Crippen LogP contribution in [0.3, 0.4) is 0 Å². The lowest BCUT2D eigenvalue weighted by molar-refractivity contribution is 0.0998. The number of amides is 1. The molecule has 0 unspecified atom stereocenters. The number of hydrogen-bond donors (Lipinski definition) is 2. The van der Waals surface area contributed by atoms with Gasteiger partial charge in [-0.15, -0.1) is 11.3 Å². The molecule has 5 rings (SSSR count). The standard InChI is InChI=1S/C29H28N4O6S/c1-36-24-7-3-18(13-26(24)37-2)9-10-31-29-33(32-16-19-4-8-25-27(14-19)39-12-11-38-25)22(17-40-29)20-5-6-23(34)21(15-20)28(30)35/h3-8,13-17,34H,9-12H2,1-2H3,(H2,30,35). The van der Waals surface area contributed by atoms with Gasteiger partial charge in [0.1, 0.15) is 19.0 Å². The summed E-state index contributed by atoms with van der Waals surface area (Å²) in [4.78, 5) is 17.3. The third-order valence-electron chi connectivity index (χ3n) is 6.23. The fourth-order valence-electron chi connectivity index (χ4n) is 4.19. The number of fused-ring (bicyclic) bond motifs is 1. The number of hydrogen-bond acceptors (Lipinski definition) is 9. The van der Waals surface area contributed by atoms with Crippen molar-refractivity contribution < 1.29 is 28.8 Å². The van der Waals surface area contributed by atoms with Gasteiger partial charge in [0.2, 0.25) is 4.80 Å². The fraction of sp³-hybridized carbons (Fsp3) is 0.207. The number of aromatic hydroxyl groups is 1. The van der Waals surface area contributed by atoms with E-state index in [1.165, 1.54) is 17.4 Å². The molecule has 1 aromatic heterocycles. The Morgan fingerprint density at radius 1 is 1.05 bits per heavy atom. The number of thiazole rings is 1. The average Bonchev–Trinajstić information content (AvgIpc) is 3.38. The van der Waals surface area contributed by atoms with Gasteiger partial charge in [-0.25, -0.2) is 4.68 Å². The van der Waals surface area contributed by atoms with E-state index >= 15 is 0 Å². The Morgan fingerprint density at radius 3 is 2.62 bits per heavy atom. The lowest BCUT2D eigenvalue weighted by Gasteiger charge is -2.18. The molecule has 10 nitrogen and oxygen atoms in total. The Morgan fingerprint density at radius 2 is 1.85 bits per heavy atom. The first-order valence-corrected chi connectivity index (χ1v) is 13.3. The van der Waals surface area contributed by atoms with Crippen molar-refractivity contribution in [2.24, 2.45) is 15.8 Å². The third-order valence-corrected chi connectivity index (χ3v) is 7.08. The van der Waals surface area contributed by atoms with E-state index < -0.39 is 5.91 Å². The Kier molecular flexibility index (Phi) is 8.02. The van der Waals surface area contributed by atoms with Gasteiger partial charge in [0.05, 0.1) is 31.7 Å². The molecular weight excluding hydrogens is 532 g/mol. The van der Waals surface area contributed by atoms with Crippen LogP contribution in [-0.4, -0.2) is 55.9 Å². The minimum absolute atomic E-state index is 0.0259. The van der Waals surface area contributed by atoms with Gasteiger partial charge in [-0.1, -0.05) is 6.07 Å². The number of benzene rings is 3. The molecule has 1 aliphatic rings. The smallest absolute Gasteiger partial charge is 0.252 e. The van der Waals surface area contributed by atoms with E-state index in [1.54, 1.807) is 37.2 Å². The van der Waals surface area contributed by atoms with Crippen LogP contribution < -0.4 is 29.5 Å². The molecule has 3 aromatic carbocycles. The molecule has 0 spiro atoms. The zero-order valence-electron chi connectivity index (χ0n) is 22.0. The minimum Gasteiger partial charge on any atom is -0.507 e. The number of primary amides is 1. The quantitative estimate of drug-likeness (QED) is 0.299.